The first-order chi connectivity index (χ1) is 10.5. The average molecular weight is 306 g/mol. The molecule has 1 N–H and O–H groups in total. The lowest BCUT2D eigenvalue weighted by Crippen LogP contribution is -2.08. The Morgan fingerprint density at radius 1 is 1.09 bits per heavy atom. The van der Waals surface area contributed by atoms with Crippen LogP contribution in [0, 0.1) is 17.5 Å². The fourth-order valence-corrected chi connectivity index (χ4v) is 2.31. The molecule has 0 saturated heterocycles. The molecule has 0 bridgehead atoms. The molecule has 0 saturated carbocycles. The number of benzene rings is 2. The maximum absolute atomic E-state index is 13.4. The summed E-state index contributed by atoms with van der Waals surface area (Å²) in [5, 5.41) is 9.04. The normalized spacial score (nSPS) is 13.1. The predicted molar refractivity (Wildman–Crippen MR) is 72.3 cm³/mol. The highest BCUT2D eigenvalue weighted by molar-refractivity contribution is 5.92. The van der Waals surface area contributed by atoms with E-state index >= 15 is 0 Å². The van der Waals surface area contributed by atoms with Crippen molar-refractivity contribution >= 4 is 11.5 Å². The molecular formula is C16H9F3O3. The first-order valence-corrected chi connectivity index (χ1v) is 6.33. The Morgan fingerprint density at radius 3 is 2.41 bits per heavy atom. The van der Waals surface area contributed by atoms with Crippen LogP contribution in [-0.2, 0) is 0 Å². The third-order valence-corrected chi connectivity index (χ3v) is 3.34. The first kappa shape index (κ1) is 14.2. The lowest BCUT2D eigenvalue weighted by atomic mass is 9.94. The second-order valence-electron chi connectivity index (χ2n) is 4.70. The molecule has 22 heavy (non-hydrogen) atoms. The number of hydrogen-bond acceptors (Lipinski definition) is 2. The standard InChI is InChI=1S/C16H9F3O3/c17-12-6-9(7-13(18)15(12)19)10-3-4-22-14-2-1-8(16(20)21)5-11(10)14/h1-3,5-7H,4H2,(H,20,21). The highest BCUT2D eigenvalue weighted by atomic mass is 19.2. The molecule has 2 aromatic carbocycles. The van der Waals surface area contributed by atoms with Crippen LogP contribution in [0.1, 0.15) is 21.5 Å². The molecule has 0 spiro atoms. The number of carbonyl (C=O) groups is 1. The highest BCUT2D eigenvalue weighted by Crippen LogP contribution is 2.35. The van der Waals surface area contributed by atoms with Gasteiger partial charge in [-0.2, -0.15) is 0 Å². The van der Waals surface area contributed by atoms with Gasteiger partial charge in [0, 0.05) is 5.56 Å². The minimum absolute atomic E-state index is 0.0122. The highest BCUT2D eigenvalue weighted by Gasteiger charge is 2.20. The van der Waals surface area contributed by atoms with Gasteiger partial charge in [0.15, 0.2) is 17.5 Å². The summed E-state index contributed by atoms with van der Waals surface area (Å²) in [6, 6.07) is 5.93. The molecule has 6 heteroatoms. The quantitative estimate of drug-likeness (QED) is 0.862. The Morgan fingerprint density at radius 2 is 1.77 bits per heavy atom. The molecule has 3 rings (SSSR count). The SMILES string of the molecule is O=C(O)c1ccc2c(c1)C(c1cc(F)c(F)c(F)c1)=CCO2. The zero-order valence-corrected chi connectivity index (χ0v) is 11.1. The Bertz CT molecular complexity index is 789. The maximum atomic E-state index is 13.4. The van der Waals surface area contributed by atoms with Gasteiger partial charge in [0.25, 0.3) is 0 Å². The Kier molecular flexibility index (Phi) is 3.36. The maximum Gasteiger partial charge on any atom is 0.335 e. The van der Waals surface area contributed by atoms with Gasteiger partial charge in [-0.1, -0.05) is 0 Å². The lowest BCUT2D eigenvalue weighted by Gasteiger charge is -2.19. The van der Waals surface area contributed by atoms with Crippen molar-refractivity contribution in [3.8, 4) is 5.75 Å². The Labute approximate surface area is 123 Å². The van der Waals surface area contributed by atoms with Crippen LogP contribution in [0.3, 0.4) is 0 Å². The summed E-state index contributed by atoms with van der Waals surface area (Å²) in [7, 11) is 0. The van der Waals surface area contributed by atoms with E-state index in [0.29, 0.717) is 16.9 Å². The lowest BCUT2D eigenvalue weighted by molar-refractivity contribution is 0.0697. The molecule has 0 radical (unpaired) electrons. The fourth-order valence-electron chi connectivity index (χ4n) is 2.31. The summed E-state index contributed by atoms with van der Waals surface area (Å²) < 4.78 is 45.3. The predicted octanol–water partition coefficient (Wildman–Crippen LogP) is 3.63. The number of halogens is 3. The smallest absolute Gasteiger partial charge is 0.335 e. The molecule has 1 heterocycles. The molecule has 0 unspecified atom stereocenters. The van der Waals surface area contributed by atoms with Gasteiger partial charge in [0.1, 0.15) is 12.4 Å². The van der Waals surface area contributed by atoms with Gasteiger partial charge in [-0.3, -0.25) is 0 Å². The van der Waals surface area contributed by atoms with Crippen LogP contribution in [0.15, 0.2) is 36.4 Å². The number of carboxylic acids is 1. The van der Waals surface area contributed by atoms with Crippen LogP contribution in [-0.4, -0.2) is 17.7 Å². The van der Waals surface area contributed by atoms with Crippen molar-refractivity contribution in [2.45, 2.75) is 0 Å². The van der Waals surface area contributed by atoms with Crippen molar-refractivity contribution in [2.75, 3.05) is 6.61 Å². The molecule has 0 amide bonds. The van der Waals surface area contributed by atoms with Gasteiger partial charge in [-0.25, -0.2) is 18.0 Å². The van der Waals surface area contributed by atoms with Gasteiger partial charge >= 0.3 is 5.97 Å². The van der Waals surface area contributed by atoms with Gasteiger partial charge in [-0.15, -0.1) is 0 Å². The van der Waals surface area contributed by atoms with Gasteiger partial charge in [-0.05, 0) is 47.5 Å². The van der Waals surface area contributed by atoms with Gasteiger partial charge in [0.2, 0.25) is 0 Å². The first-order valence-electron chi connectivity index (χ1n) is 6.33. The molecule has 3 nitrogen and oxygen atoms in total. The van der Waals surface area contributed by atoms with Crippen molar-refractivity contribution < 1.29 is 27.8 Å². The average Bonchev–Trinajstić information content (AvgIpc) is 2.51. The van der Waals surface area contributed by atoms with E-state index in [-0.39, 0.29) is 17.7 Å². The fraction of sp³-hybridized carbons (Fsp3) is 0.0625. The Hall–Kier alpha value is -2.76. The number of hydrogen-bond donors (Lipinski definition) is 1. The van der Waals surface area contributed by atoms with E-state index in [1.807, 2.05) is 0 Å². The minimum Gasteiger partial charge on any atom is -0.489 e. The van der Waals surface area contributed by atoms with Crippen molar-refractivity contribution in [3.05, 3.63) is 70.5 Å². The monoisotopic (exact) mass is 306 g/mol. The second-order valence-corrected chi connectivity index (χ2v) is 4.70. The summed E-state index contributed by atoms with van der Waals surface area (Å²) in [6.45, 7) is 0.162. The van der Waals surface area contributed by atoms with E-state index in [1.165, 1.54) is 18.2 Å². The number of fused-ring (bicyclic) bond motifs is 1. The number of ether oxygens (including phenoxy) is 1. The summed E-state index contributed by atoms with van der Waals surface area (Å²) in [5.41, 5.74) is 0.903. The van der Waals surface area contributed by atoms with Gasteiger partial charge in [0.05, 0.1) is 5.56 Å². The van der Waals surface area contributed by atoms with E-state index in [4.69, 9.17) is 9.84 Å². The third-order valence-electron chi connectivity index (χ3n) is 3.34. The van der Waals surface area contributed by atoms with Crippen LogP contribution in [0.25, 0.3) is 5.57 Å². The molecule has 0 fully saturated rings. The number of aromatic carboxylic acids is 1. The van der Waals surface area contributed by atoms with Crippen molar-refractivity contribution in [1.29, 1.82) is 0 Å². The molecule has 0 aliphatic carbocycles. The molecular weight excluding hydrogens is 297 g/mol. The Balaban J connectivity index is 2.16. The van der Waals surface area contributed by atoms with E-state index in [0.717, 1.165) is 12.1 Å². The van der Waals surface area contributed by atoms with Crippen LogP contribution < -0.4 is 4.74 Å². The third kappa shape index (κ3) is 2.32. The van der Waals surface area contributed by atoms with E-state index in [9.17, 15) is 18.0 Å². The van der Waals surface area contributed by atoms with Crippen molar-refractivity contribution in [1.82, 2.24) is 0 Å². The van der Waals surface area contributed by atoms with Crippen LogP contribution in [0.5, 0.6) is 5.75 Å². The van der Waals surface area contributed by atoms with Crippen molar-refractivity contribution in [3.63, 3.8) is 0 Å². The summed E-state index contributed by atoms with van der Waals surface area (Å²) >= 11 is 0. The van der Waals surface area contributed by atoms with Gasteiger partial charge < -0.3 is 9.84 Å². The molecule has 2 aromatic rings. The zero-order chi connectivity index (χ0) is 15.9. The molecule has 1 aliphatic rings. The minimum atomic E-state index is -1.55. The van der Waals surface area contributed by atoms with Crippen LogP contribution in [0.4, 0.5) is 13.2 Å². The van der Waals surface area contributed by atoms with E-state index in [2.05, 4.69) is 0 Å². The molecule has 0 atom stereocenters. The molecule has 112 valence electrons. The topological polar surface area (TPSA) is 46.5 Å². The number of carboxylic acid groups (broad SMARTS) is 1. The zero-order valence-electron chi connectivity index (χ0n) is 11.1. The molecule has 1 aliphatic heterocycles. The van der Waals surface area contributed by atoms with Crippen LogP contribution in [0.2, 0.25) is 0 Å². The summed E-state index contributed by atoms with van der Waals surface area (Å²) in [6.07, 6.45) is 1.56. The summed E-state index contributed by atoms with van der Waals surface area (Å²) in [5.74, 6) is -4.90. The molecule has 0 aromatic heterocycles. The van der Waals surface area contributed by atoms with E-state index in [1.54, 1.807) is 6.08 Å². The summed E-state index contributed by atoms with van der Waals surface area (Å²) in [4.78, 5) is 11.1. The second kappa shape index (κ2) is 5.22. The van der Waals surface area contributed by atoms with Crippen LogP contribution >= 0.6 is 0 Å². The largest absolute Gasteiger partial charge is 0.489 e. The van der Waals surface area contributed by atoms with Crippen molar-refractivity contribution in [2.24, 2.45) is 0 Å². The van der Waals surface area contributed by atoms with E-state index < -0.39 is 23.4 Å². The number of rotatable bonds is 2.